The first-order valence-corrected chi connectivity index (χ1v) is 9.51. The van der Waals surface area contributed by atoms with Crippen molar-refractivity contribution in [3.63, 3.8) is 0 Å². The summed E-state index contributed by atoms with van der Waals surface area (Å²) in [7, 11) is 0. The molecule has 0 aromatic carbocycles. The van der Waals surface area contributed by atoms with Gasteiger partial charge in [0.2, 0.25) is 0 Å². The number of hydrogen-bond acceptors (Lipinski definition) is 4. The number of hydrogen-bond donors (Lipinski definition) is 3. The second-order valence-corrected chi connectivity index (χ2v) is 6.68. The number of rotatable bonds is 17. The Morgan fingerprint density at radius 2 is 1.29 bits per heavy atom. The first kappa shape index (κ1) is 26.6. The molecule has 0 spiro atoms. The molecular weight excluding hydrogens is 313 g/mol. The number of carbonyl (C=O) groups is 1. The van der Waals surface area contributed by atoms with E-state index in [1.165, 1.54) is 64.2 Å². The van der Waals surface area contributed by atoms with Crippen molar-refractivity contribution in [2.45, 2.75) is 90.1 Å². The van der Waals surface area contributed by atoms with E-state index in [9.17, 15) is 4.79 Å². The summed E-state index contributed by atoms with van der Waals surface area (Å²) in [6.45, 7) is 3.51. The molecule has 0 atom stereocenters. The topological polar surface area (TPSA) is 92.6 Å². The first-order valence-electron chi connectivity index (χ1n) is 9.51. The normalized spacial score (nSPS) is 11.0. The van der Waals surface area contributed by atoms with Crippen LogP contribution in [0, 0.1) is 0 Å². The predicted octanol–water partition coefficient (Wildman–Crippen LogP) is 2.94. The van der Waals surface area contributed by atoms with Gasteiger partial charge >= 0.3 is 5.97 Å². The van der Waals surface area contributed by atoms with E-state index in [2.05, 4.69) is 6.92 Å². The zero-order chi connectivity index (χ0) is 17.3. The maximum atomic E-state index is 10.8. The Labute approximate surface area is 171 Å². The van der Waals surface area contributed by atoms with Crippen molar-refractivity contribution < 1.29 is 9.90 Å². The quantitative estimate of drug-likeness (QED) is 0.213. The molecule has 0 aromatic heterocycles. The van der Waals surface area contributed by atoms with Gasteiger partial charge in [-0.2, -0.15) is 0 Å². The Morgan fingerprint density at radius 1 is 0.875 bits per heavy atom. The number of carboxylic acids is 1. The molecule has 24 heavy (non-hydrogen) atoms. The molecule has 5 nitrogen and oxygen atoms in total. The number of unbranched alkanes of at least 4 members (excludes halogenated alkanes) is 11. The third-order valence-electron chi connectivity index (χ3n) is 4.16. The predicted molar refractivity (Wildman–Crippen MR) is 103 cm³/mol. The smallest absolute Gasteiger partial charge is 0.317 e. The summed E-state index contributed by atoms with van der Waals surface area (Å²) < 4.78 is 0. The van der Waals surface area contributed by atoms with Gasteiger partial charge in [0.15, 0.2) is 0 Å². The minimum absolute atomic E-state index is 0. The molecule has 0 aliphatic rings. The van der Waals surface area contributed by atoms with E-state index in [0.29, 0.717) is 6.54 Å². The van der Waals surface area contributed by atoms with Gasteiger partial charge in [-0.25, -0.2) is 0 Å². The van der Waals surface area contributed by atoms with Crippen LogP contribution in [0.25, 0.3) is 0 Å². The summed E-state index contributed by atoms with van der Waals surface area (Å²) in [5.41, 5.74) is 11.1. The largest absolute Gasteiger partial charge is 0.480 e. The molecule has 0 saturated carbocycles. The Bertz CT molecular complexity index is 279. The molecule has 0 fully saturated rings. The fourth-order valence-corrected chi connectivity index (χ4v) is 2.90. The molecule has 0 unspecified atom stereocenters. The molecule has 0 aliphatic carbocycles. The van der Waals surface area contributed by atoms with Gasteiger partial charge in [-0.15, -0.1) is 0 Å². The van der Waals surface area contributed by atoms with Gasteiger partial charge in [0, 0.05) is 36.1 Å². The minimum Gasteiger partial charge on any atom is -0.480 e. The van der Waals surface area contributed by atoms with Crippen LogP contribution >= 0.6 is 0 Å². The van der Waals surface area contributed by atoms with Gasteiger partial charge in [-0.3, -0.25) is 9.69 Å². The van der Waals surface area contributed by atoms with Crippen molar-refractivity contribution in [3.05, 3.63) is 0 Å². The molecule has 6 heteroatoms. The van der Waals surface area contributed by atoms with E-state index >= 15 is 0 Å². The van der Waals surface area contributed by atoms with Crippen molar-refractivity contribution >= 4 is 35.5 Å². The summed E-state index contributed by atoms with van der Waals surface area (Å²) in [5.74, 6) is -0.815. The van der Waals surface area contributed by atoms with Gasteiger partial charge in [-0.1, -0.05) is 77.6 Å². The number of carboxylic acid groups (broad SMARTS) is 1. The molecule has 0 bridgehead atoms. The standard InChI is InChI=1S/C18H39N3O2.Na/c1-2-3-4-5-6-7-8-9-10-11-12-13-14-21(15-17(19)20)16-18(22)23;/h17H,2-16,19-20H2,1H3,(H,22,23);. The summed E-state index contributed by atoms with van der Waals surface area (Å²) in [4.78, 5) is 12.6. The van der Waals surface area contributed by atoms with Crippen LogP contribution in [0.2, 0.25) is 0 Å². The molecule has 0 rings (SSSR count). The first-order chi connectivity index (χ1) is 11.1. The van der Waals surface area contributed by atoms with Crippen LogP contribution in [0.3, 0.4) is 0 Å². The molecule has 0 amide bonds. The van der Waals surface area contributed by atoms with E-state index in [0.717, 1.165) is 19.4 Å². The third-order valence-corrected chi connectivity index (χ3v) is 4.16. The Kier molecular flexibility index (Phi) is 21.8. The second-order valence-electron chi connectivity index (χ2n) is 6.68. The van der Waals surface area contributed by atoms with Gasteiger partial charge in [0.05, 0.1) is 12.7 Å². The summed E-state index contributed by atoms with van der Waals surface area (Å²) in [6.07, 6.45) is 15.2. The summed E-state index contributed by atoms with van der Waals surface area (Å²) >= 11 is 0. The SMILES string of the molecule is CCCCCCCCCCCCCCN(CC(=O)O)CC(N)N.[Na]. The van der Waals surface area contributed by atoms with Gasteiger partial charge in [-0.05, 0) is 13.0 Å². The second kappa shape index (κ2) is 19.7. The van der Waals surface area contributed by atoms with Crippen molar-refractivity contribution in [2.24, 2.45) is 11.5 Å². The van der Waals surface area contributed by atoms with E-state index in [1.807, 2.05) is 4.90 Å². The Balaban J connectivity index is 0. The molecule has 0 aliphatic heterocycles. The van der Waals surface area contributed by atoms with E-state index < -0.39 is 12.1 Å². The van der Waals surface area contributed by atoms with Crippen LogP contribution in [0.1, 0.15) is 84.0 Å². The van der Waals surface area contributed by atoms with Crippen LogP contribution < -0.4 is 11.5 Å². The number of nitrogens with two attached hydrogens (primary N) is 2. The van der Waals surface area contributed by atoms with Crippen LogP contribution in [0.15, 0.2) is 0 Å². The Morgan fingerprint density at radius 3 is 1.67 bits per heavy atom. The van der Waals surface area contributed by atoms with Crippen molar-refractivity contribution in [2.75, 3.05) is 19.6 Å². The van der Waals surface area contributed by atoms with Gasteiger partial charge < -0.3 is 16.6 Å². The third kappa shape index (κ3) is 20.4. The van der Waals surface area contributed by atoms with E-state index in [-0.39, 0.29) is 36.1 Å². The maximum Gasteiger partial charge on any atom is 0.317 e. The van der Waals surface area contributed by atoms with Crippen LogP contribution in [-0.4, -0.2) is 71.3 Å². The van der Waals surface area contributed by atoms with Crippen molar-refractivity contribution in [3.8, 4) is 0 Å². The fourth-order valence-electron chi connectivity index (χ4n) is 2.90. The zero-order valence-electron chi connectivity index (χ0n) is 16.1. The summed E-state index contributed by atoms with van der Waals surface area (Å²) in [6, 6.07) is 0. The van der Waals surface area contributed by atoms with Gasteiger partial charge in [0.1, 0.15) is 0 Å². The average molecular weight is 353 g/mol. The molecule has 0 aromatic rings. The van der Waals surface area contributed by atoms with Crippen LogP contribution in [-0.2, 0) is 4.79 Å². The number of nitrogens with zero attached hydrogens (tertiary/aromatic N) is 1. The Hall–Kier alpha value is 0.350. The minimum atomic E-state index is -0.815. The molecule has 5 N–H and O–H groups in total. The van der Waals surface area contributed by atoms with E-state index in [4.69, 9.17) is 16.6 Å². The average Bonchev–Trinajstić information content (AvgIpc) is 2.47. The van der Waals surface area contributed by atoms with Crippen molar-refractivity contribution in [1.82, 2.24) is 4.90 Å². The molecule has 0 saturated heterocycles. The van der Waals surface area contributed by atoms with Crippen LogP contribution in [0.5, 0.6) is 0 Å². The van der Waals surface area contributed by atoms with Gasteiger partial charge in [0.25, 0.3) is 0 Å². The molecular formula is C18H39N3NaO2. The summed E-state index contributed by atoms with van der Waals surface area (Å²) in [5, 5.41) is 8.86. The fraction of sp³-hybridized carbons (Fsp3) is 0.944. The molecule has 139 valence electrons. The van der Waals surface area contributed by atoms with Crippen molar-refractivity contribution in [1.29, 1.82) is 0 Å². The van der Waals surface area contributed by atoms with E-state index in [1.54, 1.807) is 0 Å². The maximum absolute atomic E-state index is 10.8. The molecule has 1 radical (unpaired) electrons. The zero-order valence-corrected chi connectivity index (χ0v) is 18.1. The molecule has 0 heterocycles. The van der Waals surface area contributed by atoms with Crippen LogP contribution in [0.4, 0.5) is 0 Å². The number of aliphatic carboxylic acids is 1. The monoisotopic (exact) mass is 352 g/mol.